The van der Waals surface area contributed by atoms with Gasteiger partial charge in [0.15, 0.2) is 0 Å². The fourth-order valence-electron chi connectivity index (χ4n) is 2.13. The quantitative estimate of drug-likeness (QED) is 0.627. The number of nitrogens with two attached hydrogens (primary N) is 1. The van der Waals surface area contributed by atoms with Gasteiger partial charge in [0.05, 0.1) is 21.8 Å². The summed E-state index contributed by atoms with van der Waals surface area (Å²) in [5.74, 6) is -0.398. The molecule has 0 aromatic heterocycles. The number of anilines is 2. The Labute approximate surface area is 111 Å². The third-order valence-corrected chi connectivity index (χ3v) is 3.51. The van der Waals surface area contributed by atoms with Crippen molar-refractivity contribution in [2.45, 2.75) is 27.2 Å². The van der Waals surface area contributed by atoms with Crippen molar-refractivity contribution in [1.29, 1.82) is 0 Å². The van der Waals surface area contributed by atoms with Crippen molar-refractivity contribution < 1.29 is 9.59 Å². The summed E-state index contributed by atoms with van der Waals surface area (Å²) in [6.07, 6.45) is 0.216. The number of rotatable bonds is 1. The number of imide groups is 1. The van der Waals surface area contributed by atoms with Crippen LogP contribution in [-0.2, 0) is 9.59 Å². The summed E-state index contributed by atoms with van der Waals surface area (Å²) in [5, 5.41) is 0.348. The van der Waals surface area contributed by atoms with E-state index in [0.29, 0.717) is 16.4 Å². The van der Waals surface area contributed by atoms with Crippen LogP contribution in [0.2, 0.25) is 5.02 Å². The molecule has 5 heteroatoms. The highest BCUT2D eigenvalue weighted by Gasteiger charge is 2.45. The summed E-state index contributed by atoms with van der Waals surface area (Å²) >= 11 is 5.96. The molecule has 2 rings (SSSR count). The number of halogens is 1. The van der Waals surface area contributed by atoms with Crippen LogP contribution in [0.3, 0.4) is 0 Å². The van der Waals surface area contributed by atoms with Crippen LogP contribution in [0.15, 0.2) is 12.1 Å². The molecular weight excluding hydrogens is 252 g/mol. The fraction of sp³-hybridized carbons (Fsp3) is 0.385. The van der Waals surface area contributed by atoms with E-state index in [0.717, 1.165) is 5.56 Å². The van der Waals surface area contributed by atoms with E-state index in [9.17, 15) is 9.59 Å². The predicted molar refractivity (Wildman–Crippen MR) is 71.5 cm³/mol. The summed E-state index contributed by atoms with van der Waals surface area (Å²) < 4.78 is 0. The van der Waals surface area contributed by atoms with Gasteiger partial charge in [-0.05, 0) is 24.6 Å². The van der Waals surface area contributed by atoms with Gasteiger partial charge in [-0.1, -0.05) is 25.4 Å². The number of carbonyl (C=O) groups excluding carboxylic acids is 2. The smallest absolute Gasteiger partial charge is 0.239 e. The van der Waals surface area contributed by atoms with Gasteiger partial charge in [0.1, 0.15) is 0 Å². The first-order valence-electron chi connectivity index (χ1n) is 5.67. The van der Waals surface area contributed by atoms with Gasteiger partial charge in [-0.15, -0.1) is 0 Å². The van der Waals surface area contributed by atoms with Crippen molar-refractivity contribution in [2.75, 3.05) is 10.6 Å². The van der Waals surface area contributed by atoms with Crippen LogP contribution in [-0.4, -0.2) is 11.8 Å². The predicted octanol–water partition coefficient (Wildman–Crippen LogP) is 2.52. The number of nitrogens with zero attached hydrogens (tertiary/aromatic N) is 1. The van der Waals surface area contributed by atoms with Crippen molar-refractivity contribution >= 4 is 34.8 Å². The Hall–Kier alpha value is -1.55. The molecule has 96 valence electrons. The monoisotopic (exact) mass is 266 g/mol. The van der Waals surface area contributed by atoms with Crippen LogP contribution in [0.5, 0.6) is 0 Å². The van der Waals surface area contributed by atoms with E-state index in [2.05, 4.69) is 0 Å². The molecule has 1 fully saturated rings. The fourth-order valence-corrected chi connectivity index (χ4v) is 2.28. The zero-order valence-electron chi connectivity index (χ0n) is 10.6. The summed E-state index contributed by atoms with van der Waals surface area (Å²) in [4.78, 5) is 25.4. The first-order chi connectivity index (χ1) is 8.24. The third-order valence-electron chi connectivity index (χ3n) is 3.18. The van der Waals surface area contributed by atoms with Crippen molar-refractivity contribution in [2.24, 2.45) is 5.41 Å². The minimum Gasteiger partial charge on any atom is -0.398 e. The topological polar surface area (TPSA) is 63.4 Å². The van der Waals surface area contributed by atoms with Crippen molar-refractivity contribution in [3.63, 3.8) is 0 Å². The molecule has 2 N–H and O–H groups in total. The molecule has 0 saturated carbocycles. The van der Waals surface area contributed by atoms with Gasteiger partial charge in [0.2, 0.25) is 11.8 Å². The average molecular weight is 267 g/mol. The lowest BCUT2D eigenvalue weighted by Gasteiger charge is -2.20. The number of benzene rings is 1. The van der Waals surface area contributed by atoms with Gasteiger partial charge in [-0.3, -0.25) is 9.59 Å². The second kappa shape index (κ2) is 3.99. The van der Waals surface area contributed by atoms with Crippen LogP contribution in [0.1, 0.15) is 25.8 Å². The van der Waals surface area contributed by atoms with Crippen LogP contribution in [0.4, 0.5) is 11.4 Å². The van der Waals surface area contributed by atoms with E-state index in [4.69, 9.17) is 17.3 Å². The van der Waals surface area contributed by atoms with Crippen molar-refractivity contribution in [1.82, 2.24) is 0 Å². The Morgan fingerprint density at radius 3 is 2.44 bits per heavy atom. The first-order valence-corrected chi connectivity index (χ1v) is 6.05. The molecule has 1 aromatic carbocycles. The van der Waals surface area contributed by atoms with Gasteiger partial charge in [-0.25, -0.2) is 4.90 Å². The van der Waals surface area contributed by atoms with E-state index >= 15 is 0 Å². The highest BCUT2D eigenvalue weighted by Crippen LogP contribution is 2.38. The van der Waals surface area contributed by atoms with E-state index in [-0.39, 0.29) is 18.2 Å². The molecule has 0 aliphatic carbocycles. The van der Waals surface area contributed by atoms with Gasteiger partial charge in [-0.2, -0.15) is 0 Å². The summed E-state index contributed by atoms with van der Waals surface area (Å²) in [5.41, 5.74) is 6.76. The standard InChI is InChI=1S/C13H15ClN2O2/c1-7-4-9(15)8(14)5-10(7)16-11(17)6-13(2,3)12(16)18/h4-5H,6,15H2,1-3H3. The second-order valence-corrected chi connectivity index (χ2v) is 5.66. The van der Waals surface area contributed by atoms with Gasteiger partial charge in [0, 0.05) is 6.42 Å². The van der Waals surface area contributed by atoms with Crippen LogP contribution in [0, 0.1) is 12.3 Å². The number of aryl methyl sites for hydroxylation is 1. The number of nitrogen functional groups attached to an aromatic ring is 1. The molecule has 1 aliphatic heterocycles. The van der Waals surface area contributed by atoms with Crippen molar-refractivity contribution in [3.8, 4) is 0 Å². The summed E-state index contributed by atoms with van der Waals surface area (Å²) in [7, 11) is 0. The Bertz CT molecular complexity index is 552. The number of hydrogen-bond acceptors (Lipinski definition) is 3. The third kappa shape index (κ3) is 1.86. The molecule has 1 aliphatic rings. The van der Waals surface area contributed by atoms with Gasteiger partial charge in [0.25, 0.3) is 0 Å². The molecule has 1 heterocycles. The number of hydrogen-bond donors (Lipinski definition) is 1. The molecule has 0 radical (unpaired) electrons. The molecule has 1 aromatic rings. The lowest BCUT2D eigenvalue weighted by Crippen LogP contribution is -2.33. The Balaban J connectivity index is 2.53. The number of carbonyl (C=O) groups is 2. The van der Waals surface area contributed by atoms with Crippen LogP contribution < -0.4 is 10.6 Å². The Morgan fingerprint density at radius 1 is 1.33 bits per heavy atom. The molecule has 0 bridgehead atoms. The Morgan fingerprint density at radius 2 is 1.94 bits per heavy atom. The largest absolute Gasteiger partial charge is 0.398 e. The average Bonchev–Trinajstić information content (AvgIpc) is 2.43. The second-order valence-electron chi connectivity index (χ2n) is 5.26. The Kier molecular flexibility index (Phi) is 2.86. The maximum atomic E-state index is 12.2. The molecular formula is C13H15ClN2O2. The lowest BCUT2D eigenvalue weighted by molar-refractivity contribution is -0.124. The molecule has 0 unspecified atom stereocenters. The highest BCUT2D eigenvalue weighted by molar-refractivity contribution is 6.34. The SMILES string of the molecule is Cc1cc(N)c(Cl)cc1N1C(=O)CC(C)(C)C1=O. The highest BCUT2D eigenvalue weighted by atomic mass is 35.5. The van der Waals surface area contributed by atoms with Gasteiger partial charge < -0.3 is 5.73 Å². The molecule has 1 saturated heterocycles. The maximum absolute atomic E-state index is 12.2. The van der Waals surface area contributed by atoms with E-state index in [1.165, 1.54) is 4.90 Å². The van der Waals surface area contributed by atoms with E-state index in [1.54, 1.807) is 32.9 Å². The normalized spacial score (nSPS) is 18.6. The molecule has 0 spiro atoms. The lowest BCUT2D eigenvalue weighted by atomic mass is 9.92. The van der Waals surface area contributed by atoms with Crippen molar-refractivity contribution in [3.05, 3.63) is 22.7 Å². The van der Waals surface area contributed by atoms with Gasteiger partial charge >= 0.3 is 0 Å². The minimum absolute atomic E-state index is 0.198. The minimum atomic E-state index is -0.655. The zero-order valence-corrected chi connectivity index (χ0v) is 11.3. The molecule has 0 atom stereocenters. The zero-order chi connectivity index (χ0) is 13.7. The first kappa shape index (κ1) is 12.9. The molecule has 2 amide bonds. The van der Waals surface area contributed by atoms with Crippen LogP contribution >= 0.6 is 11.6 Å². The number of amides is 2. The molecule has 4 nitrogen and oxygen atoms in total. The van der Waals surface area contributed by atoms with E-state index < -0.39 is 5.41 Å². The summed E-state index contributed by atoms with van der Waals surface area (Å²) in [6.45, 7) is 5.33. The maximum Gasteiger partial charge on any atom is 0.239 e. The molecule has 18 heavy (non-hydrogen) atoms. The van der Waals surface area contributed by atoms with E-state index in [1.807, 2.05) is 0 Å². The van der Waals surface area contributed by atoms with Crippen LogP contribution in [0.25, 0.3) is 0 Å². The summed E-state index contributed by atoms with van der Waals surface area (Å²) in [6, 6.07) is 3.24.